The molecule has 3 N–H and O–H groups in total. The first-order valence-electron chi connectivity index (χ1n) is 7.99. The van der Waals surface area contributed by atoms with Crippen molar-refractivity contribution in [1.82, 2.24) is 5.32 Å². The van der Waals surface area contributed by atoms with Crippen LogP contribution in [0.15, 0.2) is 22.7 Å². The van der Waals surface area contributed by atoms with Crippen LogP contribution in [0.2, 0.25) is 0 Å². The summed E-state index contributed by atoms with van der Waals surface area (Å²) in [7, 11) is 1.69. The maximum atomic E-state index is 5.99. The molecule has 0 radical (unpaired) electrons. The molecule has 0 bridgehead atoms. The molecule has 1 unspecified atom stereocenters. The van der Waals surface area contributed by atoms with Crippen molar-refractivity contribution in [3.8, 4) is 5.75 Å². The first-order valence-corrected chi connectivity index (χ1v) is 8.79. The van der Waals surface area contributed by atoms with Gasteiger partial charge in [-0.2, -0.15) is 0 Å². The Morgan fingerprint density at radius 1 is 1.29 bits per heavy atom. The molecule has 2 aliphatic carbocycles. The molecule has 1 atom stereocenters. The van der Waals surface area contributed by atoms with Crippen LogP contribution in [0.4, 0.5) is 0 Å². The number of methoxy groups -OCH3 is 1. The highest BCUT2D eigenvalue weighted by molar-refractivity contribution is 9.10. The van der Waals surface area contributed by atoms with Gasteiger partial charge in [-0.1, -0.05) is 6.07 Å². The maximum Gasteiger partial charge on any atom is 0.133 e. The molecular weight excluding hydrogens is 328 g/mol. The van der Waals surface area contributed by atoms with Gasteiger partial charge in [0.15, 0.2) is 0 Å². The van der Waals surface area contributed by atoms with Crippen LogP contribution in [-0.2, 0) is 0 Å². The summed E-state index contributed by atoms with van der Waals surface area (Å²) >= 11 is 3.56. The van der Waals surface area contributed by atoms with Crippen LogP contribution in [0, 0.1) is 17.8 Å². The molecule has 3 rings (SSSR count). The summed E-state index contributed by atoms with van der Waals surface area (Å²) in [5, 5.41) is 3.71. The van der Waals surface area contributed by atoms with E-state index in [-0.39, 0.29) is 6.04 Å². The van der Waals surface area contributed by atoms with Gasteiger partial charge in [0.25, 0.3) is 0 Å². The van der Waals surface area contributed by atoms with E-state index in [0.717, 1.165) is 34.5 Å². The van der Waals surface area contributed by atoms with Crippen LogP contribution in [0.1, 0.15) is 37.3 Å². The van der Waals surface area contributed by atoms with Crippen molar-refractivity contribution in [1.29, 1.82) is 0 Å². The van der Waals surface area contributed by atoms with Crippen LogP contribution < -0.4 is 15.8 Å². The zero-order chi connectivity index (χ0) is 14.8. The Kier molecular flexibility index (Phi) is 4.87. The van der Waals surface area contributed by atoms with Gasteiger partial charge < -0.3 is 15.8 Å². The lowest BCUT2D eigenvalue weighted by atomic mass is 9.97. The Morgan fingerprint density at radius 3 is 2.43 bits per heavy atom. The summed E-state index contributed by atoms with van der Waals surface area (Å²) in [5.41, 5.74) is 7.22. The monoisotopic (exact) mass is 352 g/mol. The number of nitrogens with two attached hydrogens (primary N) is 1. The van der Waals surface area contributed by atoms with Gasteiger partial charge in [-0.25, -0.2) is 0 Å². The van der Waals surface area contributed by atoms with Crippen molar-refractivity contribution in [3.05, 3.63) is 28.2 Å². The third kappa shape index (κ3) is 3.79. The summed E-state index contributed by atoms with van der Waals surface area (Å²) in [6.45, 7) is 1.74. The van der Waals surface area contributed by atoms with Gasteiger partial charge in [0.1, 0.15) is 5.75 Å². The van der Waals surface area contributed by atoms with Gasteiger partial charge >= 0.3 is 0 Å². The minimum atomic E-state index is 0.229. The highest BCUT2D eigenvalue weighted by Gasteiger charge is 2.41. The highest BCUT2D eigenvalue weighted by Crippen LogP contribution is 2.49. The summed E-state index contributed by atoms with van der Waals surface area (Å²) in [5.74, 6) is 3.70. The second kappa shape index (κ2) is 6.67. The molecule has 0 saturated heterocycles. The topological polar surface area (TPSA) is 47.3 Å². The average molecular weight is 353 g/mol. The second-order valence-corrected chi connectivity index (χ2v) is 7.28. The summed E-state index contributed by atoms with van der Waals surface area (Å²) in [6.07, 6.45) is 5.74. The largest absolute Gasteiger partial charge is 0.496 e. The zero-order valence-corrected chi connectivity index (χ0v) is 14.2. The fourth-order valence-electron chi connectivity index (χ4n) is 3.28. The van der Waals surface area contributed by atoms with E-state index in [1.54, 1.807) is 7.11 Å². The van der Waals surface area contributed by atoms with Gasteiger partial charge in [0.05, 0.1) is 11.6 Å². The Morgan fingerprint density at radius 2 is 1.95 bits per heavy atom. The highest BCUT2D eigenvalue weighted by atomic mass is 79.9. The smallest absolute Gasteiger partial charge is 0.133 e. The van der Waals surface area contributed by atoms with Crippen molar-refractivity contribution in [2.75, 3.05) is 20.2 Å². The molecule has 2 fully saturated rings. The van der Waals surface area contributed by atoms with Crippen LogP contribution in [0.5, 0.6) is 5.75 Å². The van der Waals surface area contributed by atoms with E-state index < -0.39 is 0 Å². The van der Waals surface area contributed by atoms with E-state index >= 15 is 0 Å². The van der Waals surface area contributed by atoms with Crippen molar-refractivity contribution >= 4 is 15.9 Å². The van der Waals surface area contributed by atoms with Crippen LogP contribution >= 0.6 is 15.9 Å². The first-order chi connectivity index (χ1) is 10.2. The third-order valence-electron chi connectivity index (χ3n) is 4.87. The van der Waals surface area contributed by atoms with E-state index in [4.69, 9.17) is 10.5 Å². The van der Waals surface area contributed by atoms with E-state index in [2.05, 4.69) is 33.4 Å². The second-order valence-electron chi connectivity index (χ2n) is 6.43. The van der Waals surface area contributed by atoms with E-state index in [1.165, 1.54) is 31.2 Å². The van der Waals surface area contributed by atoms with Crippen molar-refractivity contribution in [2.45, 2.75) is 31.7 Å². The number of nitrogens with one attached hydrogen (secondary N) is 1. The average Bonchev–Trinajstić information content (AvgIpc) is 3.37. The Balaban J connectivity index is 1.62. The summed E-state index contributed by atoms with van der Waals surface area (Å²) in [4.78, 5) is 0. The lowest BCUT2D eigenvalue weighted by Gasteiger charge is -2.23. The summed E-state index contributed by atoms with van der Waals surface area (Å²) < 4.78 is 6.28. The molecule has 3 nitrogen and oxygen atoms in total. The standard InChI is InChI=1S/C17H25BrN2O/c1-21-17-7-6-13(8-15(17)18)16(9-19)20-10-14(11-2-3-11)12-4-5-12/h6-8,11-12,14,16,20H,2-5,9-10,19H2,1H3. The molecule has 2 aliphatic rings. The third-order valence-corrected chi connectivity index (χ3v) is 5.49. The first kappa shape index (κ1) is 15.3. The van der Waals surface area contributed by atoms with Gasteiger partial charge in [-0.3, -0.25) is 0 Å². The molecule has 4 heteroatoms. The predicted molar refractivity (Wildman–Crippen MR) is 89.4 cm³/mol. The molecule has 0 heterocycles. The molecule has 1 aromatic carbocycles. The number of rotatable bonds is 8. The minimum absolute atomic E-state index is 0.229. The predicted octanol–water partition coefficient (Wildman–Crippen LogP) is 3.48. The minimum Gasteiger partial charge on any atom is -0.496 e. The van der Waals surface area contributed by atoms with Gasteiger partial charge in [-0.15, -0.1) is 0 Å². The zero-order valence-electron chi connectivity index (χ0n) is 12.6. The van der Waals surface area contributed by atoms with Crippen LogP contribution in [0.3, 0.4) is 0 Å². The molecule has 0 aromatic heterocycles. The van der Waals surface area contributed by atoms with E-state index in [9.17, 15) is 0 Å². The molecule has 2 saturated carbocycles. The number of ether oxygens (including phenoxy) is 1. The quantitative estimate of drug-likeness (QED) is 0.752. The molecule has 116 valence electrons. The fourth-order valence-corrected chi connectivity index (χ4v) is 3.84. The lowest BCUT2D eigenvalue weighted by Crippen LogP contribution is -2.33. The van der Waals surface area contributed by atoms with Crippen molar-refractivity contribution in [3.63, 3.8) is 0 Å². The normalized spacial score (nSPS) is 19.8. The van der Waals surface area contributed by atoms with E-state index in [0.29, 0.717) is 6.54 Å². The van der Waals surface area contributed by atoms with Gasteiger partial charge in [0, 0.05) is 12.6 Å². The Hall–Kier alpha value is -0.580. The Labute approximate surface area is 135 Å². The van der Waals surface area contributed by atoms with Gasteiger partial charge in [0.2, 0.25) is 0 Å². The SMILES string of the molecule is COc1ccc(C(CN)NCC(C2CC2)C2CC2)cc1Br. The number of hydrogen-bond acceptors (Lipinski definition) is 3. The van der Waals surface area contributed by atoms with Crippen LogP contribution in [0.25, 0.3) is 0 Å². The van der Waals surface area contributed by atoms with Gasteiger partial charge in [-0.05, 0) is 83.6 Å². The molecule has 0 aliphatic heterocycles. The van der Waals surface area contributed by atoms with Crippen molar-refractivity contribution in [2.24, 2.45) is 23.5 Å². The molecule has 21 heavy (non-hydrogen) atoms. The molecular formula is C17H25BrN2O. The molecule has 0 amide bonds. The fraction of sp³-hybridized carbons (Fsp3) is 0.647. The Bertz CT molecular complexity index is 474. The molecule has 1 aromatic rings. The lowest BCUT2D eigenvalue weighted by molar-refractivity contribution is 0.357. The molecule has 0 spiro atoms. The summed E-state index contributed by atoms with van der Waals surface area (Å²) in [6, 6.07) is 6.46. The van der Waals surface area contributed by atoms with E-state index in [1.807, 2.05) is 6.07 Å². The maximum absolute atomic E-state index is 5.99. The number of halogens is 1. The van der Waals surface area contributed by atoms with Crippen molar-refractivity contribution < 1.29 is 4.74 Å². The number of hydrogen-bond donors (Lipinski definition) is 2. The van der Waals surface area contributed by atoms with Crippen LogP contribution in [-0.4, -0.2) is 20.2 Å². The number of benzene rings is 1.